The third-order valence-corrected chi connectivity index (χ3v) is 10.7. The number of aliphatic hydroxyl groups excluding tert-OH is 3. The van der Waals surface area contributed by atoms with E-state index < -0.39 is 71.2 Å². The Labute approximate surface area is 344 Å². The van der Waals surface area contributed by atoms with E-state index in [1.54, 1.807) is 0 Å². The highest BCUT2D eigenvalue weighted by molar-refractivity contribution is 7.85. The molecule has 12 nitrogen and oxygen atoms in total. The monoisotopic (exact) mass is 831 g/mol. The van der Waals surface area contributed by atoms with Gasteiger partial charge in [0, 0.05) is 12.8 Å². The molecule has 13 heteroatoms. The maximum Gasteiger partial charge on any atom is 0.306 e. The van der Waals surface area contributed by atoms with Crippen LogP contribution in [0.5, 0.6) is 0 Å². The molecule has 1 aliphatic rings. The summed E-state index contributed by atoms with van der Waals surface area (Å²) in [6, 6.07) is 0. The Morgan fingerprint density at radius 1 is 0.596 bits per heavy atom. The average Bonchev–Trinajstić information content (AvgIpc) is 3.17. The summed E-state index contributed by atoms with van der Waals surface area (Å²) in [5, 5.41) is 30.8. The van der Waals surface area contributed by atoms with Crippen LogP contribution >= 0.6 is 0 Å². The van der Waals surface area contributed by atoms with Gasteiger partial charge in [0.15, 0.2) is 12.4 Å². The lowest BCUT2D eigenvalue weighted by Crippen LogP contribution is -2.60. The van der Waals surface area contributed by atoms with Crippen LogP contribution < -0.4 is 0 Å². The number of hydrogen-bond donors (Lipinski definition) is 4. The third kappa shape index (κ3) is 29.7. The molecule has 0 aromatic rings. The minimum absolute atomic E-state index is 0.148. The van der Waals surface area contributed by atoms with E-state index in [1.165, 1.54) is 70.6 Å². The number of esters is 2. The molecule has 0 amide bonds. The van der Waals surface area contributed by atoms with Gasteiger partial charge in [-0.25, -0.2) is 0 Å². The van der Waals surface area contributed by atoms with Gasteiger partial charge in [0.05, 0.1) is 6.61 Å². The summed E-state index contributed by atoms with van der Waals surface area (Å²) in [7, 11) is -4.60. The molecule has 0 saturated carbocycles. The van der Waals surface area contributed by atoms with Gasteiger partial charge >= 0.3 is 11.9 Å². The van der Waals surface area contributed by atoms with Crippen LogP contribution in [0.15, 0.2) is 36.5 Å². The van der Waals surface area contributed by atoms with Crippen LogP contribution in [0.1, 0.15) is 174 Å². The van der Waals surface area contributed by atoms with Crippen molar-refractivity contribution in [3.05, 3.63) is 36.5 Å². The minimum atomic E-state index is -4.60. The Balaban J connectivity index is 2.47. The molecule has 1 saturated heterocycles. The predicted molar refractivity (Wildman–Crippen MR) is 224 cm³/mol. The smallest absolute Gasteiger partial charge is 0.306 e. The van der Waals surface area contributed by atoms with Crippen LogP contribution in [-0.4, -0.2) is 96.0 Å². The van der Waals surface area contributed by atoms with Crippen molar-refractivity contribution in [3.8, 4) is 0 Å². The van der Waals surface area contributed by atoms with E-state index in [-0.39, 0.29) is 19.4 Å². The molecule has 1 fully saturated rings. The molecule has 1 aliphatic heterocycles. The molecule has 1 heterocycles. The fourth-order valence-corrected chi connectivity index (χ4v) is 7.13. The zero-order valence-corrected chi connectivity index (χ0v) is 36.0. The van der Waals surface area contributed by atoms with Crippen LogP contribution in [0.25, 0.3) is 0 Å². The summed E-state index contributed by atoms with van der Waals surface area (Å²) in [5.41, 5.74) is 0. The Morgan fingerprint density at radius 3 is 1.56 bits per heavy atom. The van der Waals surface area contributed by atoms with Gasteiger partial charge in [0.2, 0.25) is 0 Å². The van der Waals surface area contributed by atoms with E-state index >= 15 is 0 Å². The largest absolute Gasteiger partial charge is 0.462 e. The number of aliphatic hydroxyl groups is 3. The molecule has 0 aliphatic carbocycles. The predicted octanol–water partition coefficient (Wildman–Crippen LogP) is 8.61. The number of allylic oxidation sites excluding steroid dienone is 6. The number of unbranched alkanes of at least 4 members (excludes halogenated alkanes) is 18. The Kier molecular flexibility index (Phi) is 32.2. The zero-order chi connectivity index (χ0) is 42.0. The van der Waals surface area contributed by atoms with Crippen molar-refractivity contribution in [2.75, 3.05) is 19.0 Å². The molecule has 0 spiro atoms. The third-order valence-electron chi connectivity index (χ3n) is 9.94. The fourth-order valence-electron chi connectivity index (χ4n) is 6.44. The van der Waals surface area contributed by atoms with E-state index in [4.69, 9.17) is 18.9 Å². The molecule has 0 aromatic heterocycles. The summed E-state index contributed by atoms with van der Waals surface area (Å²) in [5.74, 6) is -2.00. The highest BCUT2D eigenvalue weighted by Gasteiger charge is 2.46. The quantitative estimate of drug-likeness (QED) is 0.0204. The molecule has 57 heavy (non-hydrogen) atoms. The Bertz CT molecular complexity index is 1200. The summed E-state index contributed by atoms with van der Waals surface area (Å²) in [6.07, 6.45) is 29.0. The SMILES string of the molecule is CCCC/C=C/C/C=C/CCCCCCCC(=O)O[C@H](COC(=O)CCCCCCCCCCC/C=C/CCCC)CO[C@H]1O[C@H](CS(=O)(=O)O)[C@@H](O)C(O)C1O. The lowest BCUT2D eigenvalue weighted by Gasteiger charge is -2.40. The Morgan fingerprint density at radius 2 is 1.05 bits per heavy atom. The van der Waals surface area contributed by atoms with Gasteiger partial charge in [-0.05, 0) is 57.8 Å². The van der Waals surface area contributed by atoms with Crippen molar-refractivity contribution in [1.82, 2.24) is 0 Å². The van der Waals surface area contributed by atoms with E-state index in [9.17, 15) is 37.9 Å². The average molecular weight is 831 g/mol. The minimum Gasteiger partial charge on any atom is -0.462 e. The summed E-state index contributed by atoms with van der Waals surface area (Å²) in [4.78, 5) is 25.4. The fraction of sp³-hybridized carbons (Fsp3) is 0.818. The first-order valence-corrected chi connectivity index (χ1v) is 23.7. The van der Waals surface area contributed by atoms with Gasteiger partial charge in [0.25, 0.3) is 10.1 Å². The van der Waals surface area contributed by atoms with E-state index in [1.807, 2.05) is 0 Å². The lowest BCUT2D eigenvalue weighted by atomic mass is 10.00. The number of carbonyl (C=O) groups is 2. The van der Waals surface area contributed by atoms with Crippen LogP contribution in [0.3, 0.4) is 0 Å². The molecular weight excluding hydrogens is 753 g/mol. The molecule has 0 bridgehead atoms. The van der Waals surface area contributed by atoms with Gasteiger partial charge < -0.3 is 34.3 Å². The summed E-state index contributed by atoms with van der Waals surface area (Å²) in [6.45, 7) is 3.67. The first-order valence-electron chi connectivity index (χ1n) is 22.0. The first kappa shape index (κ1) is 52.9. The molecule has 332 valence electrons. The molecule has 0 radical (unpaired) electrons. The van der Waals surface area contributed by atoms with Gasteiger partial charge in [0.1, 0.15) is 36.8 Å². The lowest BCUT2D eigenvalue weighted by molar-refractivity contribution is -0.297. The molecule has 6 atom stereocenters. The number of carbonyl (C=O) groups excluding carboxylic acids is 2. The molecule has 0 aromatic carbocycles. The maximum absolute atomic E-state index is 12.8. The second-order valence-corrected chi connectivity index (χ2v) is 16.9. The Hall–Kier alpha value is -2.13. The van der Waals surface area contributed by atoms with E-state index in [2.05, 4.69) is 50.3 Å². The van der Waals surface area contributed by atoms with Crippen molar-refractivity contribution in [2.24, 2.45) is 0 Å². The van der Waals surface area contributed by atoms with E-state index in [0.29, 0.717) is 12.8 Å². The highest BCUT2D eigenvalue weighted by Crippen LogP contribution is 2.24. The maximum atomic E-state index is 12.8. The second-order valence-electron chi connectivity index (χ2n) is 15.4. The highest BCUT2D eigenvalue weighted by atomic mass is 32.2. The first-order chi connectivity index (χ1) is 27.5. The number of rotatable bonds is 36. The normalized spacial score (nSPS) is 20.8. The van der Waals surface area contributed by atoms with Crippen LogP contribution in [0.4, 0.5) is 0 Å². The summed E-state index contributed by atoms with van der Waals surface area (Å²) < 4.78 is 54.0. The zero-order valence-electron chi connectivity index (χ0n) is 35.2. The van der Waals surface area contributed by atoms with Crippen molar-refractivity contribution >= 4 is 22.1 Å². The van der Waals surface area contributed by atoms with Crippen molar-refractivity contribution in [3.63, 3.8) is 0 Å². The van der Waals surface area contributed by atoms with E-state index in [0.717, 1.165) is 64.2 Å². The molecule has 4 N–H and O–H groups in total. The number of ether oxygens (including phenoxy) is 4. The van der Waals surface area contributed by atoms with Gasteiger partial charge in [-0.15, -0.1) is 0 Å². The topological polar surface area (TPSA) is 186 Å². The molecule has 2 unspecified atom stereocenters. The molecule has 1 rings (SSSR count). The van der Waals surface area contributed by atoms with Crippen molar-refractivity contribution in [2.45, 2.75) is 211 Å². The summed E-state index contributed by atoms with van der Waals surface area (Å²) >= 11 is 0. The van der Waals surface area contributed by atoms with Crippen LogP contribution in [-0.2, 0) is 38.7 Å². The van der Waals surface area contributed by atoms with Crippen molar-refractivity contribution < 1.29 is 56.8 Å². The van der Waals surface area contributed by atoms with Crippen LogP contribution in [0, 0.1) is 0 Å². The van der Waals surface area contributed by atoms with Gasteiger partial charge in [-0.1, -0.05) is 140 Å². The number of hydrogen-bond acceptors (Lipinski definition) is 11. The second kappa shape index (κ2) is 34.7. The van der Waals surface area contributed by atoms with Gasteiger partial charge in [-0.2, -0.15) is 8.42 Å². The van der Waals surface area contributed by atoms with Crippen LogP contribution in [0.2, 0.25) is 0 Å². The molecular formula is C44H78O12S. The standard InChI is InChI=1S/C44H78O12S/c1-3-5-7-9-11-13-15-17-19-21-22-24-26-28-30-32-39(45)53-34-37(35-54-44-43(49)42(48)41(47)38(56-44)36-57(50,51)52)55-40(46)33-31-29-27-25-23-20-18-16-14-12-10-8-6-4-2/h9-12,16,18,37-38,41-44,47-49H,3-8,13-15,17,19-36H2,1-2H3,(H,50,51,52)/b11-9+,12-10+,18-16+/t37-,38-,41-,42?,43?,44+/m1/s1. The van der Waals surface area contributed by atoms with Gasteiger partial charge in [-0.3, -0.25) is 14.1 Å². The van der Waals surface area contributed by atoms with Crippen molar-refractivity contribution in [1.29, 1.82) is 0 Å².